The van der Waals surface area contributed by atoms with Gasteiger partial charge in [-0.2, -0.15) is 0 Å². The molecule has 0 atom stereocenters. The van der Waals surface area contributed by atoms with E-state index in [1.807, 2.05) is 0 Å². The first kappa shape index (κ1) is 18.9. The molecular weight excluding hydrogens is 294 g/mol. The van der Waals surface area contributed by atoms with E-state index in [-0.39, 0.29) is 18.4 Å². The topological polar surface area (TPSA) is 75.4 Å². The second-order valence-corrected chi connectivity index (χ2v) is 5.60. The van der Waals surface area contributed by atoms with Crippen LogP contribution in [0.5, 0.6) is 0 Å². The summed E-state index contributed by atoms with van der Waals surface area (Å²) in [6.45, 7) is 7.90. The van der Waals surface area contributed by atoms with Crippen LogP contribution in [-0.2, 0) is 9.59 Å². The molecule has 0 fully saturated rings. The van der Waals surface area contributed by atoms with Crippen LogP contribution in [0.25, 0.3) is 0 Å². The minimum absolute atomic E-state index is 0.00821. The molecule has 0 aliphatic carbocycles. The van der Waals surface area contributed by atoms with Gasteiger partial charge in [0.05, 0.1) is 0 Å². The van der Waals surface area contributed by atoms with Gasteiger partial charge in [0.1, 0.15) is 12.3 Å². The van der Waals surface area contributed by atoms with Crippen LogP contribution in [0.2, 0.25) is 0 Å². The van der Waals surface area contributed by atoms with Crippen LogP contribution in [0.15, 0.2) is 23.2 Å². The lowest BCUT2D eigenvalue weighted by molar-refractivity contribution is -0.134. The summed E-state index contributed by atoms with van der Waals surface area (Å²) >= 11 is 0. The van der Waals surface area contributed by atoms with E-state index in [1.165, 1.54) is 17.7 Å². The molecule has 0 unspecified atom stereocenters. The molecule has 1 N–H and O–H groups in total. The first-order chi connectivity index (χ1) is 11.1. The van der Waals surface area contributed by atoms with Crippen LogP contribution in [0.1, 0.15) is 51.2 Å². The molecule has 0 aliphatic rings. The molecule has 2 amide bonds. The number of hydrogen-bond acceptors (Lipinski definition) is 4. The molecule has 0 saturated heterocycles. The molecule has 6 nitrogen and oxygen atoms in total. The maximum absolute atomic E-state index is 12.2. The van der Waals surface area contributed by atoms with Crippen molar-refractivity contribution in [2.45, 2.75) is 52.4 Å². The van der Waals surface area contributed by atoms with Gasteiger partial charge in [-0.05, 0) is 13.3 Å². The predicted octanol–water partition coefficient (Wildman–Crippen LogP) is 3.30. The van der Waals surface area contributed by atoms with Crippen LogP contribution in [0, 0.1) is 6.92 Å². The fraction of sp³-hybridized carbons (Fsp3) is 0.588. The van der Waals surface area contributed by atoms with Gasteiger partial charge < -0.3 is 14.7 Å². The van der Waals surface area contributed by atoms with Crippen LogP contribution >= 0.6 is 0 Å². The van der Waals surface area contributed by atoms with Gasteiger partial charge in [0.2, 0.25) is 11.8 Å². The molecule has 6 heteroatoms. The number of aryl methyl sites for hydroxylation is 1. The summed E-state index contributed by atoms with van der Waals surface area (Å²) < 4.78 is 4.89. The van der Waals surface area contributed by atoms with Crippen molar-refractivity contribution < 1.29 is 14.1 Å². The number of unbranched alkanes of at least 4 members (excludes halogenated alkanes) is 4. The molecule has 1 aromatic heterocycles. The maximum atomic E-state index is 12.2. The zero-order valence-electron chi connectivity index (χ0n) is 14.1. The molecule has 1 aromatic rings. The molecule has 0 aromatic carbocycles. The van der Waals surface area contributed by atoms with Crippen molar-refractivity contribution in [3.8, 4) is 0 Å². The van der Waals surface area contributed by atoms with Gasteiger partial charge in [0, 0.05) is 19.0 Å². The SMILES string of the molecule is C=CCN(CC(=O)Nc1cc(C)on1)C(=O)CCCCCCC. The third-order valence-corrected chi connectivity index (χ3v) is 3.43. The van der Waals surface area contributed by atoms with E-state index in [4.69, 9.17) is 4.52 Å². The predicted molar refractivity (Wildman–Crippen MR) is 90.0 cm³/mol. The molecule has 0 radical (unpaired) electrons. The fourth-order valence-corrected chi connectivity index (χ4v) is 2.23. The lowest BCUT2D eigenvalue weighted by Gasteiger charge is -2.20. The lowest BCUT2D eigenvalue weighted by atomic mass is 10.1. The molecule has 0 aliphatic heterocycles. The fourth-order valence-electron chi connectivity index (χ4n) is 2.23. The van der Waals surface area contributed by atoms with Crippen molar-refractivity contribution in [2.24, 2.45) is 0 Å². The highest BCUT2D eigenvalue weighted by atomic mass is 16.5. The Balaban J connectivity index is 2.41. The molecule has 23 heavy (non-hydrogen) atoms. The van der Waals surface area contributed by atoms with Crippen LogP contribution in [0.3, 0.4) is 0 Å². The second-order valence-electron chi connectivity index (χ2n) is 5.60. The molecular formula is C17H27N3O3. The van der Waals surface area contributed by atoms with E-state index < -0.39 is 0 Å². The highest BCUT2D eigenvalue weighted by molar-refractivity contribution is 5.93. The summed E-state index contributed by atoms with van der Waals surface area (Å²) in [5, 5.41) is 6.32. The zero-order chi connectivity index (χ0) is 17.1. The van der Waals surface area contributed by atoms with Crippen molar-refractivity contribution in [1.82, 2.24) is 10.1 Å². The van der Waals surface area contributed by atoms with Gasteiger partial charge in [-0.15, -0.1) is 6.58 Å². The first-order valence-corrected chi connectivity index (χ1v) is 8.18. The quantitative estimate of drug-likeness (QED) is 0.501. The molecule has 128 valence electrons. The van der Waals surface area contributed by atoms with Gasteiger partial charge in [-0.1, -0.05) is 43.8 Å². The van der Waals surface area contributed by atoms with E-state index in [0.29, 0.717) is 24.5 Å². The third-order valence-electron chi connectivity index (χ3n) is 3.43. The molecule has 1 rings (SSSR count). The maximum Gasteiger partial charge on any atom is 0.245 e. The normalized spacial score (nSPS) is 10.3. The Hall–Kier alpha value is -2.11. The Labute approximate surface area is 137 Å². The highest BCUT2D eigenvalue weighted by Crippen LogP contribution is 2.09. The van der Waals surface area contributed by atoms with Gasteiger partial charge in [0.25, 0.3) is 0 Å². The largest absolute Gasteiger partial charge is 0.360 e. The zero-order valence-corrected chi connectivity index (χ0v) is 14.1. The Morgan fingerprint density at radius 3 is 2.70 bits per heavy atom. The molecule has 0 saturated carbocycles. The number of carbonyl (C=O) groups excluding carboxylic acids is 2. The van der Waals surface area contributed by atoms with Crippen LogP contribution in [0.4, 0.5) is 5.82 Å². The summed E-state index contributed by atoms with van der Waals surface area (Å²) in [6, 6.07) is 1.63. The number of nitrogens with zero attached hydrogens (tertiary/aromatic N) is 2. The number of carbonyl (C=O) groups is 2. The summed E-state index contributed by atoms with van der Waals surface area (Å²) in [5.41, 5.74) is 0. The number of aromatic nitrogens is 1. The van der Waals surface area contributed by atoms with Crippen LogP contribution in [-0.4, -0.2) is 35.0 Å². The van der Waals surface area contributed by atoms with Crippen molar-refractivity contribution in [3.63, 3.8) is 0 Å². The smallest absolute Gasteiger partial charge is 0.245 e. The summed E-state index contributed by atoms with van der Waals surface area (Å²) in [5.74, 6) is 0.664. The average Bonchev–Trinajstić information content (AvgIpc) is 2.91. The van der Waals surface area contributed by atoms with Crippen LogP contribution < -0.4 is 5.32 Å². The summed E-state index contributed by atoms with van der Waals surface area (Å²) in [7, 11) is 0. The number of rotatable bonds is 11. The number of amides is 2. The van der Waals surface area contributed by atoms with Crippen molar-refractivity contribution in [3.05, 3.63) is 24.5 Å². The Bertz CT molecular complexity index is 511. The van der Waals surface area contributed by atoms with Crippen molar-refractivity contribution >= 4 is 17.6 Å². The average molecular weight is 321 g/mol. The summed E-state index contributed by atoms with van der Waals surface area (Å²) in [6.07, 6.45) is 7.53. The van der Waals surface area contributed by atoms with E-state index in [0.717, 1.165) is 19.3 Å². The third kappa shape index (κ3) is 7.63. The van der Waals surface area contributed by atoms with Crippen molar-refractivity contribution in [1.29, 1.82) is 0 Å². The minimum Gasteiger partial charge on any atom is -0.360 e. The monoisotopic (exact) mass is 321 g/mol. The molecule has 1 heterocycles. The lowest BCUT2D eigenvalue weighted by Crippen LogP contribution is -2.38. The Kier molecular flexibility index (Phi) is 8.72. The van der Waals surface area contributed by atoms with E-state index in [2.05, 4.69) is 24.0 Å². The number of nitrogens with one attached hydrogen (secondary N) is 1. The molecule has 0 bridgehead atoms. The molecule has 0 spiro atoms. The van der Waals surface area contributed by atoms with E-state index >= 15 is 0 Å². The minimum atomic E-state index is -0.292. The van der Waals surface area contributed by atoms with E-state index in [1.54, 1.807) is 19.1 Å². The van der Waals surface area contributed by atoms with Gasteiger partial charge >= 0.3 is 0 Å². The highest BCUT2D eigenvalue weighted by Gasteiger charge is 2.16. The Morgan fingerprint density at radius 2 is 2.09 bits per heavy atom. The van der Waals surface area contributed by atoms with Gasteiger partial charge in [-0.3, -0.25) is 9.59 Å². The Morgan fingerprint density at radius 1 is 1.35 bits per heavy atom. The first-order valence-electron chi connectivity index (χ1n) is 8.18. The second kappa shape index (κ2) is 10.6. The number of hydrogen-bond donors (Lipinski definition) is 1. The van der Waals surface area contributed by atoms with Gasteiger partial charge in [-0.25, -0.2) is 0 Å². The standard InChI is InChI=1S/C17H27N3O3/c1-4-6-7-8-9-10-17(22)20(11-5-2)13-16(21)18-15-12-14(3)23-19-15/h5,12H,2,4,6-11,13H2,1,3H3,(H,18,19,21). The van der Waals surface area contributed by atoms with E-state index in [9.17, 15) is 9.59 Å². The number of anilines is 1. The van der Waals surface area contributed by atoms with Crippen molar-refractivity contribution in [2.75, 3.05) is 18.4 Å². The van der Waals surface area contributed by atoms with Gasteiger partial charge in [0.15, 0.2) is 5.82 Å². The summed E-state index contributed by atoms with van der Waals surface area (Å²) in [4.78, 5) is 25.7.